The molecule has 2 atom stereocenters. The number of hydrogen-bond acceptors (Lipinski definition) is 1. The molecule has 0 N–H and O–H groups in total. The van der Waals surface area contributed by atoms with E-state index in [1.54, 1.807) is 0 Å². The first-order chi connectivity index (χ1) is 6.15. The van der Waals surface area contributed by atoms with E-state index in [1.807, 2.05) is 0 Å². The molecular weight excluding hydrogens is 160 g/mol. The average Bonchev–Trinajstić information content (AvgIpc) is 2.34. The highest BCUT2D eigenvalue weighted by Gasteiger charge is 2.46. The molecule has 0 aromatic heterocycles. The van der Waals surface area contributed by atoms with E-state index >= 15 is 0 Å². The molecule has 13 heavy (non-hydrogen) atoms. The number of allylic oxidation sites excluding steroid dienone is 1. The van der Waals surface area contributed by atoms with Crippen LogP contribution in [0.25, 0.3) is 0 Å². The van der Waals surface area contributed by atoms with Gasteiger partial charge in [0.15, 0.2) is 0 Å². The van der Waals surface area contributed by atoms with E-state index in [1.165, 1.54) is 18.4 Å². The van der Waals surface area contributed by atoms with Gasteiger partial charge in [0.25, 0.3) is 0 Å². The Morgan fingerprint density at radius 3 is 2.77 bits per heavy atom. The molecule has 0 aromatic rings. The van der Waals surface area contributed by atoms with Crippen LogP contribution in [-0.2, 0) is 4.79 Å². The van der Waals surface area contributed by atoms with Gasteiger partial charge >= 0.3 is 0 Å². The lowest BCUT2D eigenvalue weighted by Gasteiger charge is -2.36. The summed E-state index contributed by atoms with van der Waals surface area (Å²) in [6.07, 6.45) is 6.37. The molecule has 2 saturated carbocycles. The Morgan fingerprint density at radius 2 is 2.23 bits per heavy atom. The third-order valence-corrected chi connectivity index (χ3v) is 3.86. The highest BCUT2D eigenvalue weighted by Crippen LogP contribution is 2.50. The van der Waals surface area contributed by atoms with Gasteiger partial charge in [-0.05, 0) is 25.2 Å². The fraction of sp³-hybridized carbons (Fsp3) is 0.750. The molecule has 2 fully saturated rings. The van der Waals surface area contributed by atoms with Gasteiger partial charge in [-0.25, -0.2) is 0 Å². The number of hydrogen-bond donors (Lipinski definition) is 0. The van der Waals surface area contributed by atoms with Gasteiger partial charge in [-0.15, -0.1) is 0 Å². The first-order valence-corrected chi connectivity index (χ1v) is 5.37. The summed E-state index contributed by atoms with van der Waals surface area (Å²) in [6, 6.07) is 0. The first kappa shape index (κ1) is 8.98. The minimum absolute atomic E-state index is 0.0718. The van der Waals surface area contributed by atoms with Crippen LogP contribution in [0.15, 0.2) is 12.2 Å². The van der Waals surface area contributed by atoms with Gasteiger partial charge in [0.05, 0.1) is 0 Å². The lowest BCUT2D eigenvalue weighted by Crippen LogP contribution is -2.32. The van der Waals surface area contributed by atoms with E-state index in [0.29, 0.717) is 11.7 Å². The van der Waals surface area contributed by atoms with Gasteiger partial charge in [-0.1, -0.05) is 31.9 Å². The summed E-state index contributed by atoms with van der Waals surface area (Å²) in [5.41, 5.74) is 1.15. The fourth-order valence-electron chi connectivity index (χ4n) is 3.07. The Balaban J connectivity index is 2.26. The van der Waals surface area contributed by atoms with E-state index in [2.05, 4.69) is 13.5 Å². The molecule has 0 amide bonds. The minimum Gasteiger partial charge on any atom is -0.299 e. The number of ketones is 1. The molecule has 0 bridgehead atoms. The average molecular weight is 178 g/mol. The SMILES string of the molecule is C=C1CCC(=O)[C@@]12CCC[C@H](C)C2. The van der Waals surface area contributed by atoms with Crippen molar-refractivity contribution in [1.29, 1.82) is 0 Å². The smallest absolute Gasteiger partial charge is 0.143 e. The van der Waals surface area contributed by atoms with Gasteiger partial charge in [-0.2, -0.15) is 0 Å². The van der Waals surface area contributed by atoms with Crippen molar-refractivity contribution in [3.8, 4) is 0 Å². The van der Waals surface area contributed by atoms with E-state index in [9.17, 15) is 4.79 Å². The number of rotatable bonds is 0. The first-order valence-electron chi connectivity index (χ1n) is 5.37. The van der Waals surface area contributed by atoms with Gasteiger partial charge in [0, 0.05) is 11.8 Å². The normalized spacial score (nSPS) is 40.2. The molecule has 0 aromatic carbocycles. The van der Waals surface area contributed by atoms with Crippen molar-refractivity contribution < 1.29 is 4.79 Å². The van der Waals surface area contributed by atoms with Gasteiger partial charge < -0.3 is 0 Å². The van der Waals surface area contributed by atoms with Crippen molar-refractivity contribution in [1.82, 2.24) is 0 Å². The molecule has 2 aliphatic carbocycles. The molecule has 2 rings (SSSR count). The number of carbonyl (C=O) groups is 1. The van der Waals surface area contributed by atoms with E-state index in [4.69, 9.17) is 0 Å². The van der Waals surface area contributed by atoms with Gasteiger partial charge in [-0.3, -0.25) is 4.79 Å². The zero-order valence-corrected chi connectivity index (χ0v) is 8.44. The maximum Gasteiger partial charge on any atom is 0.143 e. The molecule has 2 aliphatic rings. The zero-order valence-electron chi connectivity index (χ0n) is 8.44. The van der Waals surface area contributed by atoms with E-state index in [-0.39, 0.29) is 5.41 Å². The van der Waals surface area contributed by atoms with Gasteiger partial charge in [0.1, 0.15) is 5.78 Å². The second kappa shape index (κ2) is 2.97. The van der Waals surface area contributed by atoms with Crippen LogP contribution in [0, 0.1) is 11.3 Å². The fourth-order valence-corrected chi connectivity index (χ4v) is 3.07. The predicted octanol–water partition coefficient (Wildman–Crippen LogP) is 3.10. The Kier molecular flexibility index (Phi) is 2.05. The van der Waals surface area contributed by atoms with Crippen molar-refractivity contribution in [3.63, 3.8) is 0 Å². The van der Waals surface area contributed by atoms with Crippen molar-refractivity contribution in [3.05, 3.63) is 12.2 Å². The summed E-state index contributed by atoms with van der Waals surface area (Å²) in [4.78, 5) is 11.8. The van der Waals surface area contributed by atoms with Gasteiger partial charge in [0.2, 0.25) is 0 Å². The molecule has 1 spiro atoms. The quantitative estimate of drug-likeness (QED) is 0.521. The highest BCUT2D eigenvalue weighted by atomic mass is 16.1. The Labute approximate surface area is 80.2 Å². The van der Waals surface area contributed by atoms with Crippen molar-refractivity contribution >= 4 is 5.78 Å². The molecule has 72 valence electrons. The monoisotopic (exact) mass is 178 g/mol. The van der Waals surface area contributed by atoms with E-state index in [0.717, 1.165) is 25.7 Å². The molecular formula is C12H18O. The maximum atomic E-state index is 11.8. The van der Waals surface area contributed by atoms with Crippen molar-refractivity contribution in [2.45, 2.75) is 45.4 Å². The van der Waals surface area contributed by atoms with Crippen LogP contribution in [0.3, 0.4) is 0 Å². The summed E-state index contributed by atoms with van der Waals surface area (Å²) in [5.74, 6) is 1.19. The lowest BCUT2D eigenvalue weighted by atomic mass is 9.67. The molecule has 0 unspecified atom stereocenters. The minimum atomic E-state index is -0.0718. The molecule has 0 heterocycles. The third kappa shape index (κ3) is 1.25. The second-order valence-corrected chi connectivity index (χ2v) is 4.81. The molecule has 0 aliphatic heterocycles. The predicted molar refractivity (Wildman–Crippen MR) is 53.4 cm³/mol. The molecule has 1 nitrogen and oxygen atoms in total. The molecule has 0 saturated heterocycles. The molecule has 1 heteroatoms. The summed E-state index contributed by atoms with van der Waals surface area (Å²) in [5, 5.41) is 0. The lowest BCUT2D eigenvalue weighted by molar-refractivity contribution is -0.126. The van der Waals surface area contributed by atoms with Crippen LogP contribution >= 0.6 is 0 Å². The van der Waals surface area contributed by atoms with E-state index < -0.39 is 0 Å². The van der Waals surface area contributed by atoms with Crippen LogP contribution in [0.1, 0.15) is 45.4 Å². The van der Waals surface area contributed by atoms with Crippen LogP contribution in [0.5, 0.6) is 0 Å². The topological polar surface area (TPSA) is 17.1 Å². The summed E-state index contributed by atoms with van der Waals surface area (Å²) in [7, 11) is 0. The summed E-state index contributed by atoms with van der Waals surface area (Å²) in [6.45, 7) is 6.36. The van der Waals surface area contributed by atoms with Crippen LogP contribution in [0.2, 0.25) is 0 Å². The van der Waals surface area contributed by atoms with Crippen LogP contribution in [0.4, 0.5) is 0 Å². The standard InChI is InChI=1S/C12H18O/c1-9-4-3-7-12(8-9)10(2)5-6-11(12)13/h9H,2-8H2,1H3/t9-,12+/m0/s1. The Bertz CT molecular complexity index is 236. The number of Topliss-reactive ketones (excluding diaryl/α,β-unsaturated/α-hetero) is 1. The summed E-state index contributed by atoms with van der Waals surface area (Å²) < 4.78 is 0. The second-order valence-electron chi connectivity index (χ2n) is 4.81. The zero-order chi connectivity index (χ0) is 9.47. The van der Waals surface area contributed by atoms with Crippen molar-refractivity contribution in [2.24, 2.45) is 11.3 Å². The maximum absolute atomic E-state index is 11.8. The molecule has 0 radical (unpaired) electrons. The van der Waals surface area contributed by atoms with Crippen LogP contribution in [-0.4, -0.2) is 5.78 Å². The van der Waals surface area contributed by atoms with Crippen LogP contribution < -0.4 is 0 Å². The summed E-state index contributed by atoms with van der Waals surface area (Å²) >= 11 is 0. The third-order valence-electron chi connectivity index (χ3n) is 3.86. The van der Waals surface area contributed by atoms with Crippen molar-refractivity contribution in [2.75, 3.05) is 0 Å². The Morgan fingerprint density at radius 1 is 1.46 bits per heavy atom. The Hall–Kier alpha value is -0.590. The highest BCUT2D eigenvalue weighted by molar-refractivity contribution is 5.91. The number of carbonyl (C=O) groups excluding carboxylic acids is 1. The largest absolute Gasteiger partial charge is 0.299 e.